The lowest BCUT2D eigenvalue weighted by Gasteiger charge is -2.62. The number of nitrogens with zero attached hydrogens (tertiary/aromatic N) is 2. The summed E-state index contributed by atoms with van der Waals surface area (Å²) in [5.41, 5.74) is 3.43. The average molecular weight is 667 g/mol. The van der Waals surface area contributed by atoms with E-state index in [4.69, 9.17) is 4.84 Å². The van der Waals surface area contributed by atoms with Gasteiger partial charge >= 0.3 is 0 Å². The summed E-state index contributed by atoms with van der Waals surface area (Å²) in [6.07, 6.45) is 0.570. The van der Waals surface area contributed by atoms with Gasteiger partial charge in [-0.15, -0.1) is 0 Å². The number of benzene rings is 2. The highest BCUT2D eigenvalue weighted by Gasteiger charge is 2.57. The monoisotopic (exact) mass is 666 g/mol. The fourth-order valence-electron chi connectivity index (χ4n) is 8.40. The Morgan fingerprint density at radius 1 is 1.02 bits per heavy atom. The maximum absolute atomic E-state index is 14.0. The average Bonchev–Trinajstić information content (AvgIpc) is 3.44. The summed E-state index contributed by atoms with van der Waals surface area (Å²) in [6.45, 7) is 10.2. The van der Waals surface area contributed by atoms with Crippen LogP contribution in [0, 0.1) is 29.1 Å². The lowest BCUT2D eigenvalue weighted by molar-refractivity contribution is -0.183. The summed E-state index contributed by atoms with van der Waals surface area (Å²) in [5, 5.41) is 47.2. The molecule has 4 aliphatic rings. The van der Waals surface area contributed by atoms with Crippen LogP contribution in [0.4, 0.5) is 0 Å². The van der Waals surface area contributed by atoms with Crippen molar-refractivity contribution in [2.24, 2.45) is 29.1 Å². The number of aliphatic hydroxyl groups excluding tert-OH is 4. The molecule has 11 heteroatoms. The quantitative estimate of drug-likeness (QED) is 0.168. The van der Waals surface area contributed by atoms with Crippen LogP contribution in [0.2, 0.25) is 0 Å². The number of carbonyl (C=O) groups excluding carboxylic acids is 2. The van der Waals surface area contributed by atoms with E-state index in [2.05, 4.69) is 31.4 Å². The molecular formula is C37H54N4O7. The molecule has 264 valence electrons. The molecule has 4 fully saturated rings. The van der Waals surface area contributed by atoms with Gasteiger partial charge in [-0.1, -0.05) is 51.1 Å². The van der Waals surface area contributed by atoms with Gasteiger partial charge in [-0.25, -0.2) is 0 Å². The third kappa shape index (κ3) is 7.78. The molecule has 2 unspecified atom stereocenters. The number of hydroxylamine groups is 2. The predicted molar refractivity (Wildman–Crippen MR) is 182 cm³/mol. The minimum absolute atomic E-state index is 0.0188. The van der Waals surface area contributed by atoms with Gasteiger partial charge in [0.15, 0.2) is 0 Å². The Kier molecular flexibility index (Phi) is 11.9. The molecule has 6 rings (SSSR count). The van der Waals surface area contributed by atoms with E-state index in [9.17, 15) is 30.0 Å². The molecule has 2 bridgehead atoms. The molecule has 1 heterocycles. The number of fused-ring (bicyclic) bond motifs is 2. The number of carbonyl (C=O) groups is 2. The molecule has 2 aromatic carbocycles. The van der Waals surface area contributed by atoms with Crippen molar-refractivity contribution >= 4 is 11.8 Å². The van der Waals surface area contributed by atoms with Crippen molar-refractivity contribution in [2.45, 2.75) is 71.4 Å². The first kappa shape index (κ1) is 36.4. The molecule has 2 amide bonds. The first-order chi connectivity index (χ1) is 23.0. The first-order valence-electron chi connectivity index (χ1n) is 17.4. The first-order valence-corrected chi connectivity index (χ1v) is 17.4. The Balaban J connectivity index is 1.28. The van der Waals surface area contributed by atoms with Crippen molar-refractivity contribution in [3.8, 4) is 11.1 Å². The maximum Gasteiger partial charge on any atom is 0.251 e. The standard InChI is InChI=1S/C37H54N4O7/c1-23-30-19-29(37(30,3)4)20-31(23)39-36(47)34-33(24(2)45)32(22-44)48-41(34)21-25-7-5-8-26(17-25)27-9-6-10-28(18-27)35(46)38-11-12-40(13-15-42)14-16-43/h5-10,17-18,23-24,29-34,42-45H,11-16,19-22H2,1-4H3,(H,38,46)(H,39,47)/t23?,24-,29+,30-,31-,32-,33+,34?/m0/s1. The lowest BCUT2D eigenvalue weighted by atomic mass is 9.45. The van der Waals surface area contributed by atoms with Crippen LogP contribution >= 0.6 is 0 Å². The van der Waals surface area contributed by atoms with Crippen molar-refractivity contribution < 1.29 is 34.9 Å². The zero-order valence-corrected chi connectivity index (χ0v) is 28.7. The third-order valence-electron chi connectivity index (χ3n) is 11.3. The van der Waals surface area contributed by atoms with E-state index in [1.165, 1.54) is 6.42 Å². The molecular weight excluding hydrogens is 612 g/mol. The summed E-state index contributed by atoms with van der Waals surface area (Å²) < 4.78 is 0. The molecule has 2 aromatic rings. The van der Waals surface area contributed by atoms with Crippen LogP contribution in [-0.4, -0.2) is 112 Å². The second-order valence-electron chi connectivity index (χ2n) is 14.6. The molecule has 8 atom stereocenters. The molecule has 0 spiro atoms. The van der Waals surface area contributed by atoms with Gasteiger partial charge in [-0.2, -0.15) is 5.06 Å². The fourth-order valence-corrected chi connectivity index (χ4v) is 8.40. The van der Waals surface area contributed by atoms with Crippen LogP contribution in [0.5, 0.6) is 0 Å². The van der Waals surface area contributed by atoms with Crippen molar-refractivity contribution in [3.63, 3.8) is 0 Å². The van der Waals surface area contributed by atoms with Gasteiger partial charge in [0.05, 0.1) is 32.5 Å². The Hall–Kier alpha value is -2.90. The summed E-state index contributed by atoms with van der Waals surface area (Å²) in [7, 11) is 0. The molecule has 3 saturated carbocycles. The summed E-state index contributed by atoms with van der Waals surface area (Å²) in [6, 6.07) is 14.5. The number of rotatable bonds is 15. The topological polar surface area (TPSA) is 155 Å². The number of hydrogen-bond acceptors (Lipinski definition) is 9. The van der Waals surface area contributed by atoms with E-state index in [-0.39, 0.29) is 44.2 Å². The number of hydrogen-bond donors (Lipinski definition) is 6. The maximum atomic E-state index is 14.0. The van der Waals surface area contributed by atoms with E-state index >= 15 is 0 Å². The van der Waals surface area contributed by atoms with Crippen LogP contribution in [-0.2, 0) is 16.2 Å². The fraction of sp³-hybridized carbons (Fsp3) is 0.622. The molecule has 1 saturated heterocycles. The molecule has 0 aromatic heterocycles. The van der Waals surface area contributed by atoms with Crippen LogP contribution in [0.3, 0.4) is 0 Å². The van der Waals surface area contributed by atoms with Crippen LogP contribution in [0.1, 0.15) is 56.5 Å². The van der Waals surface area contributed by atoms with E-state index in [1.54, 1.807) is 18.1 Å². The molecule has 0 radical (unpaired) electrons. The molecule has 6 N–H and O–H groups in total. The van der Waals surface area contributed by atoms with Gasteiger partial charge in [0.2, 0.25) is 5.91 Å². The SMILES string of the molecule is CC1[C@@H](NC(=O)C2[C@H]([C@H](C)O)[C@H](CO)ON2Cc2cccc(-c3cccc(C(=O)NCCN(CCO)CCO)c3)c2)C[C@H]2C[C@@H]1C2(C)C. The smallest absolute Gasteiger partial charge is 0.251 e. The van der Waals surface area contributed by atoms with Gasteiger partial charge in [0.1, 0.15) is 12.1 Å². The van der Waals surface area contributed by atoms with Gasteiger partial charge in [-0.3, -0.25) is 19.3 Å². The zero-order valence-electron chi connectivity index (χ0n) is 28.7. The van der Waals surface area contributed by atoms with Crippen molar-refractivity contribution in [1.29, 1.82) is 0 Å². The lowest BCUT2D eigenvalue weighted by Crippen LogP contribution is -2.62. The largest absolute Gasteiger partial charge is 0.395 e. The highest BCUT2D eigenvalue weighted by Crippen LogP contribution is 2.61. The van der Waals surface area contributed by atoms with E-state index in [0.29, 0.717) is 54.9 Å². The Bertz CT molecular complexity index is 1400. The Labute approximate surface area is 284 Å². The summed E-state index contributed by atoms with van der Waals surface area (Å²) >= 11 is 0. The molecule has 48 heavy (non-hydrogen) atoms. The summed E-state index contributed by atoms with van der Waals surface area (Å²) in [5.74, 6) is 0.514. The minimum atomic E-state index is -0.869. The normalized spacial score (nSPS) is 28.6. The third-order valence-corrected chi connectivity index (χ3v) is 11.3. The number of nitrogens with one attached hydrogen (secondary N) is 2. The Morgan fingerprint density at radius 2 is 1.71 bits per heavy atom. The van der Waals surface area contributed by atoms with Crippen molar-refractivity contribution in [2.75, 3.05) is 46.0 Å². The number of aliphatic hydroxyl groups is 4. The van der Waals surface area contributed by atoms with Gasteiger partial charge in [0.25, 0.3) is 5.91 Å². The summed E-state index contributed by atoms with van der Waals surface area (Å²) in [4.78, 5) is 35.0. The zero-order chi connectivity index (χ0) is 34.6. The van der Waals surface area contributed by atoms with E-state index < -0.39 is 24.2 Å². The van der Waals surface area contributed by atoms with Crippen LogP contribution < -0.4 is 10.6 Å². The van der Waals surface area contributed by atoms with Gasteiger partial charge in [0, 0.05) is 43.7 Å². The number of amides is 2. The van der Waals surface area contributed by atoms with Crippen molar-refractivity contribution in [1.82, 2.24) is 20.6 Å². The molecule has 11 nitrogen and oxygen atoms in total. The van der Waals surface area contributed by atoms with Gasteiger partial charge < -0.3 is 31.1 Å². The second-order valence-corrected chi connectivity index (χ2v) is 14.6. The van der Waals surface area contributed by atoms with E-state index in [1.807, 2.05) is 47.4 Å². The Morgan fingerprint density at radius 3 is 2.33 bits per heavy atom. The second kappa shape index (κ2) is 15.8. The highest BCUT2D eigenvalue weighted by atomic mass is 16.7. The molecule has 1 aliphatic heterocycles. The molecule has 3 aliphatic carbocycles. The van der Waals surface area contributed by atoms with Crippen LogP contribution in [0.25, 0.3) is 11.1 Å². The highest BCUT2D eigenvalue weighted by molar-refractivity contribution is 5.95. The minimum Gasteiger partial charge on any atom is -0.395 e. The predicted octanol–water partition coefficient (Wildman–Crippen LogP) is 2.03. The van der Waals surface area contributed by atoms with E-state index in [0.717, 1.165) is 23.1 Å². The van der Waals surface area contributed by atoms with Gasteiger partial charge in [-0.05, 0) is 77.8 Å². The van der Waals surface area contributed by atoms with Crippen LogP contribution in [0.15, 0.2) is 48.5 Å². The van der Waals surface area contributed by atoms with Crippen molar-refractivity contribution in [3.05, 3.63) is 59.7 Å².